The highest BCUT2D eigenvalue weighted by atomic mass is 35.5. The highest BCUT2D eigenvalue weighted by Crippen LogP contribution is 2.33. The van der Waals surface area contributed by atoms with Crippen molar-refractivity contribution in [3.8, 4) is 0 Å². The van der Waals surface area contributed by atoms with Gasteiger partial charge < -0.3 is 5.32 Å². The van der Waals surface area contributed by atoms with Crippen LogP contribution in [-0.4, -0.2) is 35.0 Å². The number of amides is 3. The van der Waals surface area contributed by atoms with Gasteiger partial charge in [0, 0.05) is 16.6 Å². The van der Waals surface area contributed by atoms with Crippen LogP contribution in [0.3, 0.4) is 0 Å². The number of hydrogen-bond donors (Lipinski definition) is 1. The number of carbonyl (C=O) groups is 3. The Labute approximate surface area is 148 Å². The fraction of sp³-hybridized carbons (Fsp3) is 0.267. The average Bonchev–Trinajstić information content (AvgIpc) is 2.75. The number of thioether (sulfide) groups is 1. The van der Waals surface area contributed by atoms with Crippen molar-refractivity contribution < 1.29 is 14.4 Å². The van der Waals surface area contributed by atoms with E-state index < -0.39 is 11.1 Å². The van der Waals surface area contributed by atoms with Gasteiger partial charge in [0.05, 0.1) is 4.91 Å². The highest BCUT2D eigenvalue weighted by Gasteiger charge is 2.36. The van der Waals surface area contributed by atoms with Crippen LogP contribution in [0.25, 0.3) is 6.08 Å². The summed E-state index contributed by atoms with van der Waals surface area (Å²) in [5, 5.41) is 3.02. The van der Waals surface area contributed by atoms with Gasteiger partial charge in [0.1, 0.15) is 6.54 Å². The van der Waals surface area contributed by atoms with Crippen LogP contribution in [0.4, 0.5) is 4.79 Å². The van der Waals surface area contributed by atoms with E-state index in [1.165, 1.54) is 6.08 Å². The van der Waals surface area contributed by atoms with Gasteiger partial charge in [-0.05, 0) is 42.0 Å². The predicted octanol–water partition coefficient (Wildman–Crippen LogP) is 3.56. The molecule has 1 aliphatic rings. The SMILES string of the molecule is CCCNC(=O)CN1C(=O)S/C(=C\c2ccc(Cl)cc2Cl)C1=O. The molecule has 0 aliphatic carbocycles. The third kappa shape index (κ3) is 4.50. The van der Waals surface area contributed by atoms with Crippen molar-refractivity contribution >= 4 is 58.1 Å². The van der Waals surface area contributed by atoms with E-state index in [1.54, 1.807) is 18.2 Å². The molecule has 5 nitrogen and oxygen atoms in total. The summed E-state index contributed by atoms with van der Waals surface area (Å²) in [7, 11) is 0. The highest BCUT2D eigenvalue weighted by molar-refractivity contribution is 8.18. The summed E-state index contributed by atoms with van der Waals surface area (Å²) in [6, 6.07) is 4.85. The summed E-state index contributed by atoms with van der Waals surface area (Å²) in [6.07, 6.45) is 2.30. The van der Waals surface area contributed by atoms with Crippen LogP contribution in [0.1, 0.15) is 18.9 Å². The quantitative estimate of drug-likeness (QED) is 0.802. The zero-order chi connectivity index (χ0) is 17.0. The molecule has 1 aliphatic heterocycles. The Balaban J connectivity index is 2.14. The molecule has 0 bridgehead atoms. The molecule has 122 valence electrons. The molecule has 3 amide bonds. The van der Waals surface area contributed by atoms with Gasteiger partial charge in [-0.15, -0.1) is 0 Å². The van der Waals surface area contributed by atoms with Crippen molar-refractivity contribution in [2.24, 2.45) is 0 Å². The molecule has 8 heteroatoms. The van der Waals surface area contributed by atoms with Gasteiger partial charge in [0.25, 0.3) is 11.1 Å². The number of halogens is 2. The molecule has 0 unspecified atom stereocenters. The lowest BCUT2D eigenvalue weighted by Crippen LogP contribution is -2.39. The molecule has 1 fully saturated rings. The summed E-state index contributed by atoms with van der Waals surface area (Å²) in [6.45, 7) is 2.14. The van der Waals surface area contributed by atoms with Gasteiger partial charge in [-0.25, -0.2) is 0 Å². The van der Waals surface area contributed by atoms with Gasteiger partial charge in [0.15, 0.2) is 0 Å². The molecule has 1 N–H and O–H groups in total. The first-order chi connectivity index (χ1) is 10.9. The first-order valence-electron chi connectivity index (χ1n) is 6.89. The lowest BCUT2D eigenvalue weighted by molar-refractivity contribution is -0.129. The normalized spacial score (nSPS) is 16.3. The first-order valence-corrected chi connectivity index (χ1v) is 8.46. The Bertz CT molecular complexity index is 691. The van der Waals surface area contributed by atoms with Crippen LogP contribution in [0.15, 0.2) is 23.1 Å². The minimum Gasteiger partial charge on any atom is -0.355 e. The van der Waals surface area contributed by atoms with Crippen molar-refractivity contribution in [1.29, 1.82) is 0 Å². The number of hydrogen-bond acceptors (Lipinski definition) is 4. The largest absolute Gasteiger partial charge is 0.355 e. The number of benzene rings is 1. The minimum absolute atomic E-state index is 0.225. The number of rotatable bonds is 5. The van der Waals surface area contributed by atoms with Gasteiger partial charge in [-0.2, -0.15) is 0 Å². The topological polar surface area (TPSA) is 66.5 Å². The van der Waals surface area contributed by atoms with Crippen molar-refractivity contribution in [3.05, 3.63) is 38.7 Å². The van der Waals surface area contributed by atoms with Crippen molar-refractivity contribution in [1.82, 2.24) is 10.2 Å². The lowest BCUT2D eigenvalue weighted by atomic mass is 10.2. The second kappa shape index (κ2) is 7.86. The van der Waals surface area contributed by atoms with Crippen LogP contribution in [0, 0.1) is 0 Å². The Hall–Kier alpha value is -1.50. The van der Waals surface area contributed by atoms with Gasteiger partial charge in [-0.1, -0.05) is 36.2 Å². The summed E-state index contributed by atoms with van der Waals surface area (Å²) >= 11 is 12.7. The molecular weight excluding hydrogens is 359 g/mol. The summed E-state index contributed by atoms with van der Waals surface area (Å²) in [5.74, 6) is -0.863. The van der Waals surface area contributed by atoms with E-state index >= 15 is 0 Å². The monoisotopic (exact) mass is 372 g/mol. The van der Waals surface area contributed by atoms with Crippen LogP contribution in [0.2, 0.25) is 10.0 Å². The van der Waals surface area contributed by atoms with Crippen LogP contribution < -0.4 is 5.32 Å². The molecule has 23 heavy (non-hydrogen) atoms. The second-order valence-electron chi connectivity index (χ2n) is 4.78. The van der Waals surface area contributed by atoms with Crippen molar-refractivity contribution in [2.75, 3.05) is 13.1 Å². The Kier molecular flexibility index (Phi) is 6.10. The van der Waals surface area contributed by atoms with E-state index in [-0.39, 0.29) is 17.4 Å². The van der Waals surface area contributed by atoms with E-state index in [2.05, 4.69) is 5.32 Å². The molecule has 0 saturated carbocycles. The fourth-order valence-electron chi connectivity index (χ4n) is 1.86. The molecule has 0 aromatic heterocycles. The Morgan fingerprint density at radius 2 is 2.09 bits per heavy atom. The lowest BCUT2D eigenvalue weighted by Gasteiger charge is -2.11. The molecule has 0 radical (unpaired) electrons. The molecule has 1 aromatic carbocycles. The van der Waals surface area contributed by atoms with E-state index in [1.807, 2.05) is 6.92 Å². The van der Waals surface area contributed by atoms with Crippen LogP contribution in [0.5, 0.6) is 0 Å². The number of carbonyl (C=O) groups excluding carboxylic acids is 3. The van der Waals surface area contributed by atoms with Gasteiger partial charge >= 0.3 is 0 Å². The molecule has 1 aromatic rings. The van der Waals surface area contributed by atoms with Gasteiger partial charge in [-0.3, -0.25) is 19.3 Å². The average molecular weight is 373 g/mol. The minimum atomic E-state index is -0.502. The predicted molar refractivity (Wildman–Crippen MR) is 92.4 cm³/mol. The summed E-state index contributed by atoms with van der Waals surface area (Å²) in [4.78, 5) is 37.0. The summed E-state index contributed by atoms with van der Waals surface area (Å²) < 4.78 is 0. The number of nitrogens with one attached hydrogen (secondary N) is 1. The molecule has 0 spiro atoms. The maximum absolute atomic E-state index is 12.3. The van der Waals surface area contributed by atoms with E-state index in [9.17, 15) is 14.4 Å². The molecule has 2 rings (SSSR count). The zero-order valence-electron chi connectivity index (χ0n) is 12.3. The van der Waals surface area contributed by atoms with Crippen molar-refractivity contribution in [2.45, 2.75) is 13.3 Å². The zero-order valence-corrected chi connectivity index (χ0v) is 14.6. The number of imide groups is 1. The van der Waals surface area contributed by atoms with E-state index in [0.717, 1.165) is 23.1 Å². The third-order valence-corrected chi connectivity index (χ3v) is 4.47. The van der Waals surface area contributed by atoms with E-state index in [4.69, 9.17) is 23.2 Å². The molecule has 1 saturated heterocycles. The standard InChI is InChI=1S/C15H14Cl2N2O3S/c1-2-5-18-13(20)8-19-14(21)12(23-15(19)22)6-9-3-4-10(16)7-11(9)17/h3-4,6-7H,2,5,8H2,1H3,(H,18,20)/b12-6-. The Morgan fingerprint density at radius 3 is 2.74 bits per heavy atom. The summed E-state index contributed by atoms with van der Waals surface area (Å²) in [5.41, 5.74) is 0.581. The van der Waals surface area contributed by atoms with E-state index in [0.29, 0.717) is 22.2 Å². The first kappa shape index (κ1) is 17.8. The Morgan fingerprint density at radius 1 is 1.35 bits per heavy atom. The number of nitrogens with zero attached hydrogens (tertiary/aromatic N) is 1. The van der Waals surface area contributed by atoms with Crippen LogP contribution >= 0.6 is 35.0 Å². The molecule has 0 atom stereocenters. The second-order valence-corrected chi connectivity index (χ2v) is 6.62. The van der Waals surface area contributed by atoms with Crippen LogP contribution in [-0.2, 0) is 9.59 Å². The van der Waals surface area contributed by atoms with Crippen molar-refractivity contribution in [3.63, 3.8) is 0 Å². The maximum Gasteiger partial charge on any atom is 0.294 e. The smallest absolute Gasteiger partial charge is 0.294 e. The molecular formula is C15H14Cl2N2O3S. The molecule has 1 heterocycles. The maximum atomic E-state index is 12.3. The van der Waals surface area contributed by atoms with Gasteiger partial charge in [0.2, 0.25) is 5.91 Å². The third-order valence-electron chi connectivity index (χ3n) is 3.00. The fourth-order valence-corrected chi connectivity index (χ4v) is 3.15.